The van der Waals surface area contributed by atoms with E-state index in [1.54, 1.807) is 0 Å². The van der Waals surface area contributed by atoms with Crippen LogP contribution in [0.4, 0.5) is 0 Å². The van der Waals surface area contributed by atoms with Crippen molar-refractivity contribution in [3.8, 4) is 5.75 Å². The maximum Gasteiger partial charge on any atom is 0.260 e. The molecule has 0 unspecified atom stereocenters. The van der Waals surface area contributed by atoms with E-state index in [0.717, 1.165) is 31.7 Å². The van der Waals surface area contributed by atoms with Crippen LogP contribution in [-0.4, -0.2) is 30.5 Å². The Morgan fingerprint density at radius 1 is 0.960 bits per heavy atom. The number of carbonyl (C=O) groups is 1. The fourth-order valence-electron chi connectivity index (χ4n) is 2.82. The number of carbonyl (C=O) groups excluding carboxylic acids is 1. The highest BCUT2D eigenvalue weighted by molar-refractivity contribution is 5.77. The lowest BCUT2D eigenvalue weighted by molar-refractivity contribution is -0.133. The van der Waals surface area contributed by atoms with Crippen LogP contribution in [0.3, 0.4) is 0 Å². The quantitative estimate of drug-likeness (QED) is 0.606. The fourth-order valence-corrected chi connectivity index (χ4v) is 2.82. The Balaban J connectivity index is 3.19. The van der Waals surface area contributed by atoms with Crippen molar-refractivity contribution in [1.29, 1.82) is 0 Å². The maximum atomic E-state index is 12.3. The topological polar surface area (TPSA) is 29.5 Å². The van der Waals surface area contributed by atoms with Gasteiger partial charge in [0.25, 0.3) is 5.91 Å². The van der Waals surface area contributed by atoms with Crippen molar-refractivity contribution in [3.63, 3.8) is 0 Å². The third kappa shape index (κ3) is 5.23. The first kappa shape index (κ1) is 21.5. The second-order valence-corrected chi connectivity index (χ2v) is 8.04. The molecule has 142 valence electrons. The fraction of sp³-hybridized carbons (Fsp3) is 0.682. The largest absolute Gasteiger partial charge is 0.483 e. The summed E-state index contributed by atoms with van der Waals surface area (Å²) in [6.45, 7) is 18.9. The van der Waals surface area contributed by atoms with Gasteiger partial charge in [0, 0.05) is 13.1 Å². The summed E-state index contributed by atoms with van der Waals surface area (Å²) >= 11 is 0. The van der Waals surface area contributed by atoms with Gasteiger partial charge in [-0.25, -0.2) is 0 Å². The Kier molecular flexibility index (Phi) is 7.52. The van der Waals surface area contributed by atoms with Gasteiger partial charge < -0.3 is 9.64 Å². The molecule has 0 bridgehead atoms. The van der Waals surface area contributed by atoms with Gasteiger partial charge in [-0.3, -0.25) is 4.79 Å². The molecule has 0 atom stereocenters. The second-order valence-electron chi connectivity index (χ2n) is 8.04. The van der Waals surface area contributed by atoms with Crippen LogP contribution in [0.25, 0.3) is 0 Å². The number of rotatable bonds is 9. The summed E-state index contributed by atoms with van der Waals surface area (Å²) in [5, 5.41) is 0. The third-order valence-electron chi connectivity index (χ3n) is 5.73. The average molecular weight is 348 g/mol. The first-order valence-corrected chi connectivity index (χ1v) is 9.68. The molecular weight excluding hydrogens is 310 g/mol. The summed E-state index contributed by atoms with van der Waals surface area (Å²) in [5.41, 5.74) is 2.55. The van der Waals surface area contributed by atoms with Gasteiger partial charge in [0.1, 0.15) is 5.75 Å². The SMILES string of the molecule is CCN(CC)C(=O)COc1cc(C(C)(C)CC)ccc1C(C)(C)CC. The van der Waals surface area contributed by atoms with Crippen molar-refractivity contribution in [3.05, 3.63) is 29.3 Å². The average Bonchev–Trinajstić information content (AvgIpc) is 2.60. The first-order valence-electron chi connectivity index (χ1n) is 9.68. The van der Waals surface area contributed by atoms with E-state index >= 15 is 0 Å². The molecule has 0 aromatic heterocycles. The summed E-state index contributed by atoms with van der Waals surface area (Å²) in [5.74, 6) is 0.900. The lowest BCUT2D eigenvalue weighted by atomic mass is 9.77. The highest BCUT2D eigenvalue weighted by atomic mass is 16.5. The maximum absolute atomic E-state index is 12.3. The summed E-state index contributed by atoms with van der Waals surface area (Å²) in [7, 11) is 0. The van der Waals surface area contributed by atoms with Crippen molar-refractivity contribution in [1.82, 2.24) is 4.90 Å². The smallest absolute Gasteiger partial charge is 0.260 e. The van der Waals surface area contributed by atoms with Crippen LogP contribution in [0.2, 0.25) is 0 Å². The number of hydrogen-bond donors (Lipinski definition) is 0. The van der Waals surface area contributed by atoms with E-state index in [9.17, 15) is 4.79 Å². The number of nitrogens with zero attached hydrogens (tertiary/aromatic N) is 1. The van der Waals surface area contributed by atoms with E-state index in [1.165, 1.54) is 11.1 Å². The van der Waals surface area contributed by atoms with E-state index in [-0.39, 0.29) is 23.3 Å². The van der Waals surface area contributed by atoms with E-state index in [0.29, 0.717) is 0 Å². The molecule has 0 aliphatic heterocycles. The highest BCUT2D eigenvalue weighted by Gasteiger charge is 2.26. The molecule has 3 heteroatoms. The van der Waals surface area contributed by atoms with Crippen molar-refractivity contribution >= 4 is 5.91 Å². The Hall–Kier alpha value is -1.51. The van der Waals surface area contributed by atoms with Crippen LogP contribution in [0, 0.1) is 0 Å². The van der Waals surface area contributed by atoms with Crippen LogP contribution >= 0.6 is 0 Å². The van der Waals surface area contributed by atoms with Crippen LogP contribution in [0.1, 0.15) is 79.4 Å². The summed E-state index contributed by atoms with van der Waals surface area (Å²) in [4.78, 5) is 14.2. The van der Waals surface area contributed by atoms with Crippen LogP contribution in [-0.2, 0) is 15.6 Å². The lowest BCUT2D eigenvalue weighted by Gasteiger charge is -2.30. The summed E-state index contributed by atoms with van der Waals surface area (Å²) in [6, 6.07) is 6.55. The molecule has 3 nitrogen and oxygen atoms in total. The molecule has 25 heavy (non-hydrogen) atoms. The third-order valence-corrected chi connectivity index (χ3v) is 5.73. The van der Waals surface area contributed by atoms with Gasteiger partial charge in [0.15, 0.2) is 6.61 Å². The molecule has 1 aromatic carbocycles. The lowest BCUT2D eigenvalue weighted by Crippen LogP contribution is -2.34. The predicted molar refractivity (Wildman–Crippen MR) is 106 cm³/mol. The number of amides is 1. The van der Waals surface area contributed by atoms with Gasteiger partial charge in [0.2, 0.25) is 0 Å². The Morgan fingerprint density at radius 2 is 1.52 bits per heavy atom. The first-order chi connectivity index (χ1) is 11.6. The monoisotopic (exact) mass is 347 g/mol. The molecule has 0 saturated carbocycles. The minimum atomic E-state index is 0.0163. The molecule has 0 N–H and O–H groups in total. The van der Waals surface area contributed by atoms with Crippen molar-refractivity contribution < 1.29 is 9.53 Å². The van der Waals surface area contributed by atoms with Crippen molar-refractivity contribution in [2.75, 3.05) is 19.7 Å². The van der Waals surface area contributed by atoms with Crippen LogP contribution in [0.5, 0.6) is 5.75 Å². The molecule has 0 fully saturated rings. The minimum Gasteiger partial charge on any atom is -0.483 e. The van der Waals surface area contributed by atoms with Gasteiger partial charge in [-0.05, 0) is 54.7 Å². The normalized spacial score (nSPS) is 12.2. The standard InChI is InChI=1S/C22H37NO2/c1-9-21(5,6)17-13-14-18(22(7,8)10-2)19(15-17)25-16-20(24)23(11-3)12-4/h13-15H,9-12,16H2,1-8H3. The van der Waals surface area contributed by atoms with Gasteiger partial charge in [-0.15, -0.1) is 0 Å². The van der Waals surface area contributed by atoms with Crippen LogP contribution in [0.15, 0.2) is 18.2 Å². The molecule has 1 amide bonds. The summed E-state index contributed by atoms with van der Waals surface area (Å²) < 4.78 is 6.06. The molecule has 0 aliphatic rings. The second kappa shape index (κ2) is 8.73. The Morgan fingerprint density at radius 3 is 2.00 bits per heavy atom. The van der Waals surface area contributed by atoms with Gasteiger partial charge in [-0.1, -0.05) is 53.7 Å². The minimum absolute atomic E-state index is 0.0163. The highest BCUT2D eigenvalue weighted by Crippen LogP contribution is 2.38. The van der Waals surface area contributed by atoms with Crippen LogP contribution < -0.4 is 4.74 Å². The molecule has 0 saturated heterocycles. The molecule has 0 heterocycles. The zero-order chi connectivity index (χ0) is 19.3. The molecule has 0 radical (unpaired) electrons. The van der Waals surface area contributed by atoms with Gasteiger partial charge in [-0.2, -0.15) is 0 Å². The molecule has 0 spiro atoms. The number of ether oxygens (including phenoxy) is 1. The predicted octanol–water partition coefficient (Wildman–Crippen LogP) is 5.31. The molecule has 1 aromatic rings. The summed E-state index contributed by atoms with van der Waals surface area (Å²) in [6.07, 6.45) is 2.07. The van der Waals surface area contributed by atoms with Crippen molar-refractivity contribution in [2.24, 2.45) is 0 Å². The van der Waals surface area contributed by atoms with E-state index in [2.05, 4.69) is 59.7 Å². The number of benzene rings is 1. The Labute approximate surface area is 154 Å². The van der Waals surface area contributed by atoms with E-state index in [4.69, 9.17) is 4.74 Å². The van der Waals surface area contributed by atoms with Gasteiger partial charge >= 0.3 is 0 Å². The molecular formula is C22H37NO2. The van der Waals surface area contributed by atoms with E-state index in [1.807, 2.05) is 18.7 Å². The number of likely N-dealkylation sites (N-methyl/N-ethyl adjacent to an activating group) is 1. The molecule has 1 rings (SSSR count). The molecule has 0 aliphatic carbocycles. The number of hydrogen-bond acceptors (Lipinski definition) is 2. The van der Waals surface area contributed by atoms with Gasteiger partial charge in [0.05, 0.1) is 0 Å². The van der Waals surface area contributed by atoms with E-state index < -0.39 is 0 Å². The Bertz CT molecular complexity index is 571. The van der Waals surface area contributed by atoms with Crippen molar-refractivity contribution in [2.45, 2.75) is 79.1 Å². The zero-order valence-electron chi connectivity index (χ0n) is 17.5. The zero-order valence-corrected chi connectivity index (χ0v) is 17.5.